The Labute approximate surface area is 132 Å². The molecule has 0 bridgehead atoms. The standard InChI is InChI=1S/C15H21N3O3S/c1-22(19)15(5-6-15)10-17-14(16)18-11-3-4-12-13(9-11)21-8-2-7-20-12/h3-4,9H,2,5-8,10H2,1H3,(H3,16,17,18). The lowest BCUT2D eigenvalue weighted by Gasteiger charge is -2.12. The minimum atomic E-state index is -0.858. The molecule has 120 valence electrons. The van der Waals surface area contributed by atoms with E-state index in [1.54, 1.807) is 6.26 Å². The SMILES string of the molecule is CS(=O)C1(CN=C(N)Nc2ccc3c(c2)OCCCO3)CC1. The van der Waals surface area contributed by atoms with Crippen LogP contribution in [0, 0.1) is 0 Å². The molecule has 1 atom stereocenters. The lowest BCUT2D eigenvalue weighted by Crippen LogP contribution is -2.27. The van der Waals surface area contributed by atoms with Crippen molar-refractivity contribution in [1.82, 2.24) is 0 Å². The van der Waals surface area contributed by atoms with Crippen LogP contribution in [0.25, 0.3) is 0 Å². The Bertz CT molecular complexity index is 614. The summed E-state index contributed by atoms with van der Waals surface area (Å²) >= 11 is 0. The number of hydrogen-bond acceptors (Lipinski definition) is 4. The van der Waals surface area contributed by atoms with Crippen molar-refractivity contribution >= 4 is 22.4 Å². The number of rotatable bonds is 4. The summed E-state index contributed by atoms with van der Waals surface area (Å²) in [7, 11) is -0.858. The molecule has 22 heavy (non-hydrogen) atoms. The number of nitrogens with one attached hydrogen (secondary N) is 1. The van der Waals surface area contributed by atoms with Crippen LogP contribution in [0.3, 0.4) is 0 Å². The molecule has 1 aliphatic heterocycles. The molecule has 1 heterocycles. The number of fused-ring (bicyclic) bond motifs is 1. The third kappa shape index (κ3) is 3.35. The van der Waals surface area contributed by atoms with Crippen LogP contribution < -0.4 is 20.5 Å². The topological polar surface area (TPSA) is 85.9 Å². The fourth-order valence-electron chi connectivity index (χ4n) is 2.33. The highest BCUT2D eigenvalue weighted by atomic mass is 32.2. The fraction of sp³-hybridized carbons (Fsp3) is 0.533. The van der Waals surface area contributed by atoms with Crippen LogP contribution >= 0.6 is 0 Å². The van der Waals surface area contributed by atoms with Gasteiger partial charge in [0.15, 0.2) is 17.5 Å². The van der Waals surface area contributed by atoms with E-state index >= 15 is 0 Å². The highest BCUT2D eigenvalue weighted by molar-refractivity contribution is 7.86. The molecule has 1 fully saturated rings. The second-order valence-corrected chi connectivity index (χ2v) is 7.45. The Morgan fingerprint density at radius 3 is 2.77 bits per heavy atom. The van der Waals surface area contributed by atoms with Gasteiger partial charge in [0.1, 0.15) is 0 Å². The predicted molar refractivity (Wildman–Crippen MR) is 88.2 cm³/mol. The summed E-state index contributed by atoms with van der Waals surface area (Å²) < 4.78 is 22.7. The zero-order valence-electron chi connectivity index (χ0n) is 12.6. The van der Waals surface area contributed by atoms with Crippen LogP contribution in [0.2, 0.25) is 0 Å². The lowest BCUT2D eigenvalue weighted by atomic mass is 10.3. The zero-order chi connectivity index (χ0) is 15.6. The van der Waals surface area contributed by atoms with Crippen molar-refractivity contribution in [3.8, 4) is 11.5 Å². The quantitative estimate of drug-likeness (QED) is 0.647. The van der Waals surface area contributed by atoms with E-state index in [4.69, 9.17) is 15.2 Å². The fourth-order valence-corrected chi connectivity index (χ4v) is 3.26. The third-order valence-corrected chi connectivity index (χ3v) is 5.73. The molecule has 0 amide bonds. The normalized spacial score (nSPS) is 20.9. The summed E-state index contributed by atoms with van der Waals surface area (Å²) in [6, 6.07) is 5.59. The van der Waals surface area contributed by atoms with E-state index in [0.717, 1.165) is 30.7 Å². The van der Waals surface area contributed by atoms with Crippen molar-refractivity contribution in [2.75, 3.05) is 31.3 Å². The molecule has 3 rings (SSSR count). The van der Waals surface area contributed by atoms with E-state index in [0.29, 0.717) is 31.5 Å². The van der Waals surface area contributed by atoms with Crippen molar-refractivity contribution < 1.29 is 13.7 Å². The maximum Gasteiger partial charge on any atom is 0.193 e. The maximum absolute atomic E-state index is 11.6. The van der Waals surface area contributed by atoms with Crippen LogP contribution in [0.5, 0.6) is 11.5 Å². The molecule has 1 aromatic rings. The van der Waals surface area contributed by atoms with E-state index in [-0.39, 0.29) is 4.75 Å². The molecule has 0 radical (unpaired) electrons. The van der Waals surface area contributed by atoms with Crippen LogP contribution in [-0.4, -0.2) is 40.9 Å². The first-order chi connectivity index (χ1) is 10.6. The van der Waals surface area contributed by atoms with Crippen LogP contribution in [-0.2, 0) is 10.8 Å². The van der Waals surface area contributed by atoms with Gasteiger partial charge in [-0.3, -0.25) is 9.20 Å². The maximum atomic E-state index is 11.6. The van der Waals surface area contributed by atoms with Gasteiger partial charge in [0, 0.05) is 35.2 Å². The molecule has 0 saturated heterocycles. The average Bonchev–Trinajstić information content (AvgIpc) is 3.29. The van der Waals surface area contributed by atoms with E-state index in [1.807, 2.05) is 18.2 Å². The summed E-state index contributed by atoms with van der Waals surface area (Å²) in [5.74, 6) is 1.78. The number of aliphatic imine (C=N–C) groups is 1. The van der Waals surface area contributed by atoms with Gasteiger partial charge < -0.3 is 20.5 Å². The molecular weight excluding hydrogens is 302 g/mol. The smallest absolute Gasteiger partial charge is 0.193 e. The molecule has 1 aromatic carbocycles. The van der Waals surface area contributed by atoms with E-state index in [2.05, 4.69) is 10.3 Å². The Balaban J connectivity index is 1.65. The molecular formula is C15H21N3O3S. The molecule has 0 aromatic heterocycles. The van der Waals surface area contributed by atoms with Gasteiger partial charge in [0.2, 0.25) is 0 Å². The van der Waals surface area contributed by atoms with E-state index < -0.39 is 10.8 Å². The molecule has 2 aliphatic rings. The van der Waals surface area contributed by atoms with Crippen molar-refractivity contribution in [2.24, 2.45) is 10.7 Å². The first-order valence-corrected chi connectivity index (χ1v) is 8.95. The highest BCUT2D eigenvalue weighted by Crippen LogP contribution is 2.41. The Kier molecular flexibility index (Phi) is 4.24. The summed E-state index contributed by atoms with van der Waals surface area (Å²) in [5, 5.41) is 3.04. The molecule has 1 aliphatic carbocycles. The molecule has 1 saturated carbocycles. The number of anilines is 1. The Morgan fingerprint density at radius 2 is 2.09 bits per heavy atom. The largest absolute Gasteiger partial charge is 0.490 e. The summed E-state index contributed by atoms with van der Waals surface area (Å²) in [5.41, 5.74) is 6.71. The zero-order valence-corrected chi connectivity index (χ0v) is 13.4. The van der Waals surface area contributed by atoms with Crippen molar-refractivity contribution in [3.05, 3.63) is 18.2 Å². The number of ether oxygens (including phenoxy) is 2. The number of hydrogen-bond donors (Lipinski definition) is 2. The number of benzene rings is 1. The molecule has 6 nitrogen and oxygen atoms in total. The molecule has 0 spiro atoms. The number of nitrogens with two attached hydrogens (primary N) is 1. The van der Waals surface area contributed by atoms with Crippen molar-refractivity contribution in [1.29, 1.82) is 0 Å². The van der Waals surface area contributed by atoms with Gasteiger partial charge in [0.05, 0.1) is 24.5 Å². The molecule has 7 heteroatoms. The molecule has 3 N–H and O–H groups in total. The second kappa shape index (κ2) is 6.16. The summed E-state index contributed by atoms with van der Waals surface area (Å²) in [6.45, 7) is 1.81. The second-order valence-electron chi connectivity index (χ2n) is 5.68. The van der Waals surface area contributed by atoms with Crippen LogP contribution in [0.1, 0.15) is 19.3 Å². The van der Waals surface area contributed by atoms with Gasteiger partial charge in [-0.05, 0) is 25.0 Å². The van der Waals surface area contributed by atoms with E-state index in [1.165, 1.54) is 0 Å². The minimum absolute atomic E-state index is 0.156. The van der Waals surface area contributed by atoms with Crippen molar-refractivity contribution in [3.63, 3.8) is 0 Å². The first-order valence-electron chi connectivity index (χ1n) is 7.39. The lowest BCUT2D eigenvalue weighted by molar-refractivity contribution is 0.297. The van der Waals surface area contributed by atoms with Crippen LogP contribution in [0.4, 0.5) is 5.69 Å². The number of guanidine groups is 1. The predicted octanol–water partition coefficient (Wildman–Crippen LogP) is 1.49. The van der Waals surface area contributed by atoms with Gasteiger partial charge in [-0.2, -0.15) is 0 Å². The highest BCUT2D eigenvalue weighted by Gasteiger charge is 2.46. The van der Waals surface area contributed by atoms with Gasteiger partial charge >= 0.3 is 0 Å². The average molecular weight is 323 g/mol. The first kappa shape index (κ1) is 15.1. The third-order valence-electron chi connectivity index (χ3n) is 3.97. The van der Waals surface area contributed by atoms with E-state index in [9.17, 15) is 4.21 Å². The van der Waals surface area contributed by atoms with Gasteiger partial charge in [0.25, 0.3) is 0 Å². The summed E-state index contributed by atoms with van der Waals surface area (Å²) in [6.07, 6.45) is 4.51. The summed E-state index contributed by atoms with van der Waals surface area (Å²) in [4.78, 5) is 4.32. The van der Waals surface area contributed by atoms with Crippen molar-refractivity contribution in [2.45, 2.75) is 24.0 Å². The molecule has 1 unspecified atom stereocenters. The minimum Gasteiger partial charge on any atom is -0.490 e. The Hall–Kier alpha value is -1.76. The van der Waals surface area contributed by atoms with Crippen LogP contribution in [0.15, 0.2) is 23.2 Å². The monoisotopic (exact) mass is 323 g/mol. The van der Waals surface area contributed by atoms with Gasteiger partial charge in [-0.15, -0.1) is 0 Å². The van der Waals surface area contributed by atoms with Gasteiger partial charge in [-0.25, -0.2) is 0 Å². The number of nitrogens with zero attached hydrogens (tertiary/aromatic N) is 1. The van der Waals surface area contributed by atoms with Gasteiger partial charge in [-0.1, -0.05) is 0 Å². The Morgan fingerprint density at radius 1 is 1.36 bits per heavy atom.